The fraction of sp³-hybridized carbons (Fsp3) is 0.471. The lowest BCUT2D eigenvalue weighted by Crippen LogP contribution is -2.49. The molecule has 1 fully saturated rings. The highest BCUT2D eigenvalue weighted by Gasteiger charge is 2.35. The second-order valence-electron chi connectivity index (χ2n) is 6.37. The molecule has 3 rings (SSSR count). The van der Waals surface area contributed by atoms with E-state index in [2.05, 4.69) is 9.97 Å². The van der Waals surface area contributed by atoms with Gasteiger partial charge in [-0.25, -0.2) is 9.97 Å². The molecule has 1 aliphatic heterocycles. The van der Waals surface area contributed by atoms with E-state index < -0.39 is 5.54 Å². The molecule has 1 amide bonds. The minimum absolute atomic E-state index is 0.169. The lowest BCUT2D eigenvalue weighted by atomic mass is 9.92. The van der Waals surface area contributed by atoms with Crippen molar-refractivity contribution in [1.29, 1.82) is 0 Å². The van der Waals surface area contributed by atoms with Gasteiger partial charge >= 0.3 is 0 Å². The van der Waals surface area contributed by atoms with E-state index in [1.165, 1.54) is 0 Å². The van der Waals surface area contributed by atoms with Crippen molar-refractivity contribution in [3.63, 3.8) is 0 Å². The molecule has 1 atom stereocenters. The first-order valence-corrected chi connectivity index (χ1v) is 7.78. The molecule has 0 aromatic carbocycles. The summed E-state index contributed by atoms with van der Waals surface area (Å²) in [5, 5.41) is 0. The second-order valence-corrected chi connectivity index (χ2v) is 6.37. The van der Waals surface area contributed by atoms with E-state index in [0.717, 1.165) is 31.6 Å². The molecular weight excluding hydrogens is 276 g/mol. The molecule has 5 heteroatoms. The van der Waals surface area contributed by atoms with Crippen LogP contribution in [0.15, 0.2) is 43.1 Å². The number of hydrogen-bond donors (Lipinski definition) is 0. The normalized spacial score (nSPS) is 19.2. The Morgan fingerprint density at radius 3 is 2.77 bits per heavy atom. The Morgan fingerprint density at radius 2 is 2.09 bits per heavy atom. The van der Waals surface area contributed by atoms with E-state index in [0.29, 0.717) is 5.92 Å². The molecule has 0 unspecified atom stereocenters. The maximum Gasteiger partial charge on any atom is 0.248 e. The maximum atomic E-state index is 13.0. The van der Waals surface area contributed by atoms with Gasteiger partial charge in [-0.2, -0.15) is 0 Å². The molecule has 1 aliphatic rings. The standard InChI is InChI=1S/C17H22N4O/c1-17(2,21-10-3-4-11-21)16(22)20-9-5-6-14(12-20)15-7-8-18-13-19-15/h3-4,7-8,10-11,13-14H,5-6,9,12H2,1-2H3/t14-/m0/s1. The maximum absolute atomic E-state index is 13.0. The van der Waals surface area contributed by atoms with Gasteiger partial charge in [-0.1, -0.05) is 0 Å². The van der Waals surface area contributed by atoms with Crippen molar-refractivity contribution in [3.8, 4) is 0 Å². The van der Waals surface area contributed by atoms with E-state index >= 15 is 0 Å². The first-order chi connectivity index (χ1) is 10.6. The Bertz CT molecular complexity index is 621. The SMILES string of the molecule is CC(C)(C(=O)N1CCC[C@H](c2ccncn2)C1)n1cccc1. The molecule has 22 heavy (non-hydrogen) atoms. The van der Waals surface area contributed by atoms with Gasteiger partial charge in [-0.15, -0.1) is 0 Å². The van der Waals surface area contributed by atoms with Crippen LogP contribution in [-0.4, -0.2) is 38.4 Å². The first-order valence-electron chi connectivity index (χ1n) is 7.78. The van der Waals surface area contributed by atoms with Gasteiger partial charge in [0.15, 0.2) is 0 Å². The zero-order valence-electron chi connectivity index (χ0n) is 13.1. The van der Waals surface area contributed by atoms with E-state index in [-0.39, 0.29) is 5.91 Å². The van der Waals surface area contributed by atoms with Crippen molar-refractivity contribution in [1.82, 2.24) is 19.4 Å². The first kappa shape index (κ1) is 14.8. The predicted molar refractivity (Wildman–Crippen MR) is 84.3 cm³/mol. The average molecular weight is 298 g/mol. The Balaban J connectivity index is 1.76. The Kier molecular flexibility index (Phi) is 3.96. The second kappa shape index (κ2) is 5.91. The molecule has 116 valence electrons. The zero-order chi connectivity index (χ0) is 15.6. The summed E-state index contributed by atoms with van der Waals surface area (Å²) < 4.78 is 1.98. The van der Waals surface area contributed by atoms with Crippen LogP contribution in [0, 0.1) is 0 Å². The molecule has 0 saturated carbocycles. The summed E-state index contributed by atoms with van der Waals surface area (Å²) in [6.45, 7) is 5.51. The van der Waals surface area contributed by atoms with Crippen LogP contribution in [0.25, 0.3) is 0 Å². The van der Waals surface area contributed by atoms with Gasteiger partial charge in [0, 0.05) is 43.3 Å². The van der Waals surface area contributed by atoms with Gasteiger partial charge in [0.05, 0.1) is 0 Å². The summed E-state index contributed by atoms with van der Waals surface area (Å²) in [7, 11) is 0. The van der Waals surface area contributed by atoms with Gasteiger partial charge in [-0.05, 0) is 44.9 Å². The number of rotatable bonds is 3. The Labute approximate surface area is 131 Å². The van der Waals surface area contributed by atoms with Gasteiger partial charge < -0.3 is 9.47 Å². The van der Waals surface area contributed by atoms with Crippen molar-refractivity contribution >= 4 is 5.91 Å². The fourth-order valence-electron chi connectivity index (χ4n) is 3.15. The van der Waals surface area contributed by atoms with Crippen LogP contribution in [0.1, 0.15) is 38.3 Å². The van der Waals surface area contributed by atoms with Crippen molar-refractivity contribution < 1.29 is 4.79 Å². The van der Waals surface area contributed by atoms with Crippen LogP contribution >= 0.6 is 0 Å². The third-order valence-electron chi connectivity index (χ3n) is 4.51. The van der Waals surface area contributed by atoms with Gasteiger partial charge in [-0.3, -0.25) is 4.79 Å². The van der Waals surface area contributed by atoms with Crippen molar-refractivity contribution in [2.24, 2.45) is 0 Å². The molecule has 5 nitrogen and oxygen atoms in total. The van der Waals surface area contributed by atoms with E-state index in [4.69, 9.17) is 0 Å². The number of amides is 1. The van der Waals surface area contributed by atoms with Crippen molar-refractivity contribution in [2.75, 3.05) is 13.1 Å². The molecule has 0 N–H and O–H groups in total. The topological polar surface area (TPSA) is 51.0 Å². The highest BCUT2D eigenvalue weighted by Crippen LogP contribution is 2.28. The summed E-state index contributed by atoms with van der Waals surface area (Å²) in [6.07, 6.45) is 9.34. The molecule has 2 aromatic heterocycles. The van der Waals surface area contributed by atoms with Crippen LogP contribution in [0.2, 0.25) is 0 Å². The number of aromatic nitrogens is 3. The molecule has 0 aliphatic carbocycles. The number of carbonyl (C=O) groups excluding carboxylic acids is 1. The van der Waals surface area contributed by atoms with E-state index in [1.54, 1.807) is 12.5 Å². The fourth-order valence-corrected chi connectivity index (χ4v) is 3.15. The van der Waals surface area contributed by atoms with Gasteiger partial charge in [0.1, 0.15) is 11.9 Å². The molecule has 0 spiro atoms. The smallest absolute Gasteiger partial charge is 0.248 e. The molecule has 1 saturated heterocycles. The summed E-state index contributed by atoms with van der Waals surface area (Å²) >= 11 is 0. The third kappa shape index (κ3) is 2.75. The highest BCUT2D eigenvalue weighted by molar-refractivity contribution is 5.84. The van der Waals surface area contributed by atoms with Crippen LogP contribution in [0.4, 0.5) is 0 Å². The summed E-state index contributed by atoms with van der Waals surface area (Å²) in [6, 6.07) is 5.86. The molecule has 0 bridgehead atoms. The minimum Gasteiger partial charge on any atom is -0.340 e. The predicted octanol–water partition coefficient (Wildman–Crippen LogP) is 2.42. The van der Waals surface area contributed by atoms with E-state index in [1.807, 2.05) is 53.9 Å². The van der Waals surface area contributed by atoms with Crippen LogP contribution in [-0.2, 0) is 10.3 Å². The summed E-state index contributed by atoms with van der Waals surface area (Å²) in [4.78, 5) is 23.3. The number of piperidine rings is 1. The number of nitrogens with zero attached hydrogens (tertiary/aromatic N) is 4. The largest absolute Gasteiger partial charge is 0.340 e. The van der Waals surface area contributed by atoms with Crippen LogP contribution in [0.5, 0.6) is 0 Å². The molecular formula is C17H22N4O. The third-order valence-corrected chi connectivity index (χ3v) is 4.51. The van der Waals surface area contributed by atoms with Crippen molar-refractivity contribution in [3.05, 3.63) is 48.8 Å². The van der Waals surface area contributed by atoms with Gasteiger partial charge in [0.2, 0.25) is 5.91 Å². The zero-order valence-corrected chi connectivity index (χ0v) is 13.1. The Morgan fingerprint density at radius 1 is 1.32 bits per heavy atom. The lowest BCUT2D eigenvalue weighted by Gasteiger charge is -2.38. The number of hydrogen-bond acceptors (Lipinski definition) is 3. The minimum atomic E-state index is -0.558. The summed E-state index contributed by atoms with van der Waals surface area (Å²) in [5.41, 5.74) is 0.475. The molecule has 0 radical (unpaired) electrons. The quantitative estimate of drug-likeness (QED) is 0.874. The van der Waals surface area contributed by atoms with Crippen LogP contribution in [0.3, 0.4) is 0 Å². The molecule has 2 aromatic rings. The average Bonchev–Trinajstić information content (AvgIpc) is 3.10. The van der Waals surface area contributed by atoms with Gasteiger partial charge in [0.25, 0.3) is 0 Å². The monoisotopic (exact) mass is 298 g/mol. The Hall–Kier alpha value is -2.17. The van der Waals surface area contributed by atoms with E-state index in [9.17, 15) is 4.79 Å². The number of carbonyl (C=O) groups is 1. The van der Waals surface area contributed by atoms with Crippen LogP contribution < -0.4 is 0 Å². The molecule has 3 heterocycles. The summed E-state index contributed by atoms with van der Waals surface area (Å²) in [5.74, 6) is 0.476. The highest BCUT2D eigenvalue weighted by atomic mass is 16.2. The number of likely N-dealkylation sites (tertiary alicyclic amines) is 1. The lowest BCUT2D eigenvalue weighted by molar-refractivity contribution is -0.140. The van der Waals surface area contributed by atoms with Crippen molar-refractivity contribution in [2.45, 2.75) is 38.1 Å².